The molecular formula is C29H40N4O2. The van der Waals surface area contributed by atoms with Crippen molar-refractivity contribution in [1.29, 1.82) is 0 Å². The number of aromatic nitrogens is 1. The fourth-order valence-corrected chi connectivity index (χ4v) is 5.51. The van der Waals surface area contributed by atoms with Crippen LogP contribution in [0.15, 0.2) is 48.7 Å². The van der Waals surface area contributed by atoms with Crippen LogP contribution in [-0.4, -0.2) is 41.3 Å². The maximum atomic E-state index is 14.0. The molecule has 6 heteroatoms. The van der Waals surface area contributed by atoms with Crippen LogP contribution >= 0.6 is 0 Å². The number of likely N-dealkylation sites (tertiary alicyclic amines) is 1. The molecule has 1 aromatic heterocycles. The number of nitrogens with one attached hydrogen (secondary N) is 1. The van der Waals surface area contributed by atoms with Gasteiger partial charge in [0.05, 0.1) is 6.04 Å². The zero-order valence-electron chi connectivity index (χ0n) is 21.5. The molecule has 188 valence electrons. The minimum atomic E-state index is -0.420. The number of nitrogens with zero attached hydrogens (tertiary/aromatic N) is 3. The van der Waals surface area contributed by atoms with Crippen molar-refractivity contribution in [2.75, 3.05) is 18.5 Å². The summed E-state index contributed by atoms with van der Waals surface area (Å²) in [6.45, 7) is 4.71. The fraction of sp³-hybridized carbons (Fsp3) is 0.552. The highest BCUT2D eigenvalue weighted by Crippen LogP contribution is 2.36. The Balaban J connectivity index is 1.56. The Labute approximate surface area is 210 Å². The van der Waals surface area contributed by atoms with Gasteiger partial charge in [0.2, 0.25) is 11.8 Å². The second-order valence-corrected chi connectivity index (χ2v) is 10.2. The van der Waals surface area contributed by atoms with E-state index >= 15 is 0 Å². The van der Waals surface area contributed by atoms with Gasteiger partial charge in [0.25, 0.3) is 0 Å². The lowest BCUT2D eigenvalue weighted by Crippen LogP contribution is -2.53. The quantitative estimate of drug-likeness (QED) is 0.537. The van der Waals surface area contributed by atoms with Gasteiger partial charge >= 0.3 is 0 Å². The first-order valence-electron chi connectivity index (χ1n) is 13.3. The van der Waals surface area contributed by atoms with Gasteiger partial charge in [-0.05, 0) is 67.9 Å². The number of benzene rings is 1. The maximum absolute atomic E-state index is 14.0. The molecule has 1 saturated carbocycles. The van der Waals surface area contributed by atoms with Crippen molar-refractivity contribution in [3.8, 4) is 0 Å². The highest BCUT2D eigenvalue weighted by Gasteiger charge is 2.39. The van der Waals surface area contributed by atoms with Crippen LogP contribution in [0, 0.1) is 11.8 Å². The Morgan fingerprint density at radius 1 is 1.09 bits per heavy atom. The number of anilines is 2. The lowest BCUT2D eigenvalue weighted by Gasteiger charge is -2.35. The van der Waals surface area contributed by atoms with Gasteiger partial charge in [0.1, 0.15) is 11.9 Å². The van der Waals surface area contributed by atoms with E-state index in [1.165, 1.54) is 6.42 Å². The van der Waals surface area contributed by atoms with Gasteiger partial charge in [-0.2, -0.15) is 0 Å². The summed E-state index contributed by atoms with van der Waals surface area (Å²) >= 11 is 0. The minimum absolute atomic E-state index is 0.00570. The van der Waals surface area contributed by atoms with E-state index in [1.807, 2.05) is 44.0 Å². The van der Waals surface area contributed by atoms with Gasteiger partial charge < -0.3 is 15.1 Å². The third-order valence-corrected chi connectivity index (χ3v) is 7.92. The number of rotatable bonds is 8. The van der Waals surface area contributed by atoms with Crippen LogP contribution in [0.3, 0.4) is 0 Å². The largest absolute Gasteiger partial charge is 0.344 e. The van der Waals surface area contributed by atoms with Crippen molar-refractivity contribution < 1.29 is 9.59 Å². The van der Waals surface area contributed by atoms with Crippen molar-refractivity contribution in [2.45, 2.75) is 77.3 Å². The predicted octanol–water partition coefficient (Wildman–Crippen LogP) is 5.62. The molecule has 1 aromatic carbocycles. The molecule has 0 spiro atoms. The molecule has 2 aromatic rings. The van der Waals surface area contributed by atoms with Gasteiger partial charge in [0.15, 0.2) is 0 Å². The number of carbonyl (C=O) groups is 2. The molecule has 2 fully saturated rings. The van der Waals surface area contributed by atoms with Crippen LogP contribution in [0.25, 0.3) is 0 Å². The first-order chi connectivity index (χ1) is 17.0. The Hall–Kier alpha value is -2.89. The van der Waals surface area contributed by atoms with Gasteiger partial charge in [0, 0.05) is 31.4 Å². The molecule has 0 radical (unpaired) electrons. The second kappa shape index (κ2) is 11.7. The second-order valence-electron chi connectivity index (χ2n) is 10.2. The molecule has 1 aliphatic carbocycles. The summed E-state index contributed by atoms with van der Waals surface area (Å²) in [5.41, 5.74) is 2.20. The monoisotopic (exact) mass is 476 g/mol. The summed E-state index contributed by atoms with van der Waals surface area (Å²) in [6.07, 6.45) is 10.0. The number of hydrogen-bond acceptors (Lipinski definition) is 4. The predicted molar refractivity (Wildman–Crippen MR) is 140 cm³/mol. The molecule has 0 unspecified atom stereocenters. The van der Waals surface area contributed by atoms with Crippen molar-refractivity contribution in [3.63, 3.8) is 0 Å². The van der Waals surface area contributed by atoms with Crippen molar-refractivity contribution in [1.82, 2.24) is 15.2 Å². The summed E-state index contributed by atoms with van der Waals surface area (Å²) in [4.78, 5) is 35.4. The van der Waals surface area contributed by atoms with Crippen molar-refractivity contribution in [3.05, 3.63) is 54.2 Å². The summed E-state index contributed by atoms with van der Waals surface area (Å²) in [6, 6.07) is 14.0. The third kappa shape index (κ3) is 5.85. The maximum Gasteiger partial charge on any atom is 0.245 e. The molecule has 1 saturated heterocycles. The number of carbonyl (C=O) groups excluding carboxylic acids is 2. The van der Waals surface area contributed by atoms with E-state index in [1.54, 1.807) is 6.20 Å². The van der Waals surface area contributed by atoms with E-state index in [9.17, 15) is 9.59 Å². The van der Waals surface area contributed by atoms with Gasteiger partial charge in [-0.1, -0.05) is 51.3 Å². The number of pyridine rings is 1. The summed E-state index contributed by atoms with van der Waals surface area (Å²) in [7, 11) is 2.02. The smallest absolute Gasteiger partial charge is 0.245 e. The zero-order valence-corrected chi connectivity index (χ0v) is 21.5. The van der Waals surface area contributed by atoms with Crippen LogP contribution in [0.5, 0.6) is 0 Å². The van der Waals surface area contributed by atoms with E-state index in [-0.39, 0.29) is 29.7 Å². The summed E-state index contributed by atoms with van der Waals surface area (Å²) in [5, 5.41) is 3.19. The van der Waals surface area contributed by atoms with E-state index < -0.39 is 6.04 Å². The van der Waals surface area contributed by atoms with Crippen LogP contribution in [-0.2, 0) is 9.59 Å². The van der Waals surface area contributed by atoms with E-state index in [4.69, 9.17) is 0 Å². The lowest BCUT2D eigenvalue weighted by molar-refractivity contribution is -0.140. The average molecular weight is 477 g/mol. The number of amides is 2. The molecule has 3 atom stereocenters. The summed E-state index contributed by atoms with van der Waals surface area (Å²) in [5.74, 6) is 1.13. The molecule has 2 aliphatic rings. The Morgan fingerprint density at radius 2 is 1.89 bits per heavy atom. The van der Waals surface area contributed by atoms with Gasteiger partial charge in [-0.3, -0.25) is 9.59 Å². The standard InChI is InChI=1S/C29H40N4O2/c1-4-21(2)28(34)31-27(22-12-6-5-7-13-22)29(35)33-19-11-16-25(33)23-14-10-15-24(20-23)32(3)26-17-8-9-18-30-26/h8-10,14-15,17-18,20-22,25,27H,4-7,11-13,16,19H2,1-3H3,(H,31,34)/t21-,25+,27+/m1/s1. The number of hydrogen-bond donors (Lipinski definition) is 1. The molecule has 35 heavy (non-hydrogen) atoms. The van der Waals surface area contributed by atoms with E-state index in [2.05, 4.69) is 39.5 Å². The molecule has 4 rings (SSSR count). The Morgan fingerprint density at radius 3 is 2.60 bits per heavy atom. The average Bonchev–Trinajstić information content (AvgIpc) is 3.41. The third-order valence-electron chi connectivity index (χ3n) is 7.92. The normalized spacial score (nSPS) is 20.3. The Kier molecular flexibility index (Phi) is 8.42. The first kappa shape index (κ1) is 25.2. The van der Waals surface area contributed by atoms with Crippen LogP contribution in [0.1, 0.15) is 76.8 Å². The minimum Gasteiger partial charge on any atom is -0.344 e. The van der Waals surface area contributed by atoms with Crippen molar-refractivity contribution >= 4 is 23.3 Å². The highest BCUT2D eigenvalue weighted by atomic mass is 16.2. The van der Waals surface area contributed by atoms with Crippen LogP contribution < -0.4 is 10.2 Å². The van der Waals surface area contributed by atoms with E-state index in [0.29, 0.717) is 0 Å². The molecule has 6 nitrogen and oxygen atoms in total. The SMILES string of the molecule is CC[C@@H](C)C(=O)N[C@H](C(=O)N1CCC[C@H]1c1cccc(N(C)c2ccccn2)c1)C1CCCCC1. The zero-order chi connectivity index (χ0) is 24.8. The molecule has 2 amide bonds. The molecule has 1 aliphatic heterocycles. The molecular weight excluding hydrogens is 436 g/mol. The lowest BCUT2D eigenvalue weighted by atomic mass is 9.83. The molecule has 2 heterocycles. The molecule has 0 bridgehead atoms. The van der Waals surface area contributed by atoms with Crippen molar-refractivity contribution in [2.24, 2.45) is 11.8 Å². The van der Waals surface area contributed by atoms with Gasteiger partial charge in [-0.15, -0.1) is 0 Å². The summed E-state index contributed by atoms with van der Waals surface area (Å²) < 4.78 is 0. The highest BCUT2D eigenvalue weighted by molar-refractivity contribution is 5.89. The molecule has 1 N–H and O–H groups in total. The van der Waals surface area contributed by atoms with Crippen LogP contribution in [0.4, 0.5) is 11.5 Å². The fourth-order valence-electron chi connectivity index (χ4n) is 5.51. The topological polar surface area (TPSA) is 65.5 Å². The first-order valence-corrected chi connectivity index (χ1v) is 13.3. The van der Waals surface area contributed by atoms with E-state index in [0.717, 1.165) is 68.6 Å². The van der Waals surface area contributed by atoms with Crippen LogP contribution in [0.2, 0.25) is 0 Å². The van der Waals surface area contributed by atoms with Gasteiger partial charge in [-0.25, -0.2) is 4.98 Å². The Bertz CT molecular complexity index is 989.